The van der Waals surface area contributed by atoms with Gasteiger partial charge in [-0.05, 0) is 44.4 Å². The summed E-state index contributed by atoms with van der Waals surface area (Å²) in [6, 6.07) is 9.78. The number of ether oxygens (including phenoxy) is 1. The van der Waals surface area contributed by atoms with Crippen molar-refractivity contribution in [1.82, 2.24) is 15.2 Å². The van der Waals surface area contributed by atoms with Crippen molar-refractivity contribution in [3.8, 4) is 0 Å². The first-order valence-corrected chi connectivity index (χ1v) is 9.57. The number of benzene rings is 1. The number of piperidine rings is 1. The molecule has 7 heteroatoms. The van der Waals surface area contributed by atoms with E-state index < -0.39 is 0 Å². The lowest BCUT2D eigenvalue weighted by Crippen LogP contribution is -2.46. The highest BCUT2D eigenvalue weighted by Crippen LogP contribution is 2.20. The molecule has 2 N–H and O–H groups in total. The van der Waals surface area contributed by atoms with Gasteiger partial charge in [0.15, 0.2) is 0 Å². The van der Waals surface area contributed by atoms with Crippen molar-refractivity contribution in [3.05, 3.63) is 53.9 Å². The van der Waals surface area contributed by atoms with Crippen LogP contribution in [0.15, 0.2) is 42.7 Å². The molecule has 2 aromatic rings. The maximum absolute atomic E-state index is 12.6. The molecular weight excluding hydrogens is 356 g/mol. The van der Waals surface area contributed by atoms with E-state index in [4.69, 9.17) is 4.74 Å². The molecule has 0 radical (unpaired) electrons. The van der Waals surface area contributed by atoms with Crippen LogP contribution in [0.25, 0.3) is 0 Å². The Morgan fingerprint density at radius 3 is 2.68 bits per heavy atom. The second-order valence-electron chi connectivity index (χ2n) is 6.84. The second-order valence-corrected chi connectivity index (χ2v) is 6.84. The Balaban J connectivity index is 1.57. The van der Waals surface area contributed by atoms with Crippen LogP contribution >= 0.6 is 0 Å². The summed E-state index contributed by atoms with van der Waals surface area (Å²) in [6.45, 7) is 5.35. The summed E-state index contributed by atoms with van der Waals surface area (Å²) >= 11 is 0. The molecule has 1 fully saturated rings. The van der Waals surface area contributed by atoms with E-state index in [2.05, 4.69) is 15.6 Å². The molecule has 1 saturated heterocycles. The maximum atomic E-state index is 12.6. The van der Waals surface area contributed by atoms with Crippen LogP contribution in [-0.2, 0) is 4.74 Å². The monoisotopic (exact) mass is 382 g/mol. The third-order valence-electron chi connectivity index (χ3n) is 4.78. The number of rotatable bonds is 5. The Hall–Kier alpha value is -3.09. The minimum Gasteiger partial charge on any atom is -0.450 e. The molecule has 28 heavy (non-hydrogen) atoms. The zero-order valence-corrected chi connectivity index (χ0v) is 16.3. The smallest absolute Gasteiger partial charge is 0.409 e. The lowest BCUT2D eigenvalue weighted by atomic mass is 10.0. The number of carbonyl (C=O) groups excluding carboxylic acids is 2. The zero-order chi connectivity index (χ0) is 19.9. The van der Waals surface area contributed by atoms with Crippen molar-refractivity contribution in [1.29, 1.82) is 0 Å². The third kappa shape index (κ3) is 5.00. The molecule has 0 spiro atoms. The summed E-state index contributed by atoms with van der Waals surface area (Å²) in [4.78, 5) is 30.2. The van der Waals surface area contributed by atoms with E-state index in [1.165, 1.54) is 0 Å². The molecule has 0 saturated carbocycles. The van der Waals surface area contributed by atoms with Crippen LogP contribution < -0.4 is 10.6 Å². The van der Waals surface area contributed by atoms with E-state index in [9.17, 15) is 9.59 Å². The summed E-state index contributed by atoms with van der Waals surface area (Å²) < 4.78 is 5.02. The fraction of sp³-hybridized carbons (Fsp3) is 0.381. The van der Waals surface area contributed by atoms with Gasteiger partial charge in [0.25, 0.3) is 5.91 Å². The molecular formula is C21H26N4O3. The summed E-state index contributed by atoms with van der Waals surface area (Å²) in [6.07, 6.45) is 4.39. The number of aryl methyl sites for hydroxylation is 1. The average molecular weight is 382 g/mol. The van der Waals surface area contributed by atoms with Crippen molar-refractivity contribution in [2.24, 2.45) is 0 Å². The number of hydrogen-bond acceptors (Lipinski definition) is 5. The van der Waals surface area contributed by atoms with Crippen LogP contribution in [0.5, 0.6) is 0 Å². The fourth-order valence-electron chi connectivity index (χ4n) is 3.19. The van der Waals surface area contributed by atoms with Gasteiger partial charge in [0.1, 0.15) is 0 Å². The van der Waals surface area contributed by atoms with Gasteiger partial charge in [-0.25, -0.2) is 4.79 Å². The molecule has 3 rings (SSSR count). The number of anilines is 2. The number of amides is 2. The molecule has 2 heterocycles. The molecule has 0 unspecified atom stereocenters. The van der Waals surface area contributed by atoms with Gasteiger partial charge in [0.2, 0.25) is 0 Å². The van der Waals surface area contributed by atoms with Crippen LogP contribution in [-0.4, -0.2) is 47.6 Å². The summed E-state index contributed by atoms with van der Waals surface area (Å²) in [5.74, 6) is -0.157. The van der Waals surface area contributed by atoms with Crippen molar-refractivity contribution in [2.45, 2.75) is 32.7 Å². The number of pyridine rings is 1. The minimum atomic E-state index is -0.286. The van der Waals surface area contributed by atoms with Crippen LogP contribution in [0.2, 0.25) is 0 Å². The van der Waals surface area contributed by atoms with Gasteiger partial charge in [0, 0.05) is 31.0 Å². The molecule has 2 amide bonds. The van der Waals surface area contributed by atoms with Crippen LogP contribution in [0.1, 0.15) is 35.7 Å². The summed E-state index contributed by atoms with van der Waals surface area (Å²) in [5, 5.41) is 6.34. The third-order valence-corrected chi connectivity index (χ3v) is 4.78. The van der Waals surface area contributed by atoms with Gasteiger partial charge in [-0.1, -0.05) is 18.2 Å². The average Bonchev–Trinajstić information content (AvgIpc) is 2.71. The first kappa shape index (κ1) is 19.7. The predicted octanol–water partition coefficient (Wildman–Crippen LogP) is 3.48. The molecule has 0 bridgehead atoms. The highest BCUT2D eigenvalue weighted by Gasteiger charge is 2.24. The van der Waals surface area contributed by atoms with Gasteiger partial charge in [-0.3, -0.25) is 9.78 Å². The van der Waals surface area contributed by atoms with Crippen LogP contribution in [0.4, 0.5) is 16.2 Å². The number of aromatic nitrogens is 1. The lowest BCUT2D eigenvalue weighted by Gasteiger charge is -2.31. The number of nitrogens with one attached hydrogen (secondary N) is 2. The summed E-state index contributed by atoms with van der Waals surface area (Å²) in [7, 11) is 0. The first-order chi connectivity index (χ1) is 13.6. The standard InChI is InChI=1S/C21H26N4O3/c1-3-28-21(27)25-10-8-17(9-11-25)24-20(26)16-12-18(14-22-13-16)23-19-7-5-4-6-15(19)2/h4-7,12-14,17,23H,3,8-11H2,1-2H3,(H,24,26). The molecule has 1 aliphatic heterocycles. The quantitative estimate of drug-likeness (QED) is 0.827. The van der Waals surface area contributed by atoms with E-state index in [1.807, 2.05) is 31.2 Å². The summed E-state index contributed by atoms with van der Waals surface area (Å²) in [5.41, 5.74) is 3.37. The molecule has 0 aliphatic carbocycles. The SMILES string of the molecule is CCOC(=O)N1CCC(NC(=O)c2cncc(Nc3ccccc3C)c2)CC1. The Kier molecular flexibility index (Phi) is 6.47. The molecule has 1 aromatic heterocycles. The van der Waals surface area contributed by atoms with Crippen molar-refractivity contribution < 1.29 is 14.3 Å². The Morgan fingerprint density at radius 2 is 1.96 bits per heavy atom. The first-order valence-electron chi connectivity index (χ1n) is 9.57. The largest absolute Gasteiger partial charge is 0.450 e. The van der Waals surface area contributed by atoms with Crippen molar-refractivity contribution in [2.75, 3.05) is 25.0 Å². The van der Waals surface area contributed by atoms with Crippen LogP contribution in [0.3, 0.4) is 0 Å². The number of carbonyl (C=O) groups is 2. The Labute approximate surface area is 165 Å². The predicted molar refractivity (Wildman–Crippen MR) is 108 cm³/mol. The lowest BCUT2D eigenvalue weighted by molar-refractivity contribution is 0.0860. The Bertz CT molecular complexity index is 832. The van der Waals surface area contributed by atoms with Crippen molar-refractivity contribution in [3.63, 3.8) is 0 Å². The van der Waals surface area contributed by atoms with Gasteiger partial charge in [-0.2, -0.15) is 0 Å². The van der Waals surface area contributed by atoms with E-state index in [0.717, 1.165) is 16.9 Å². The van der Waals surface area contributed by atoms with E-state index in [-0.39, 0.29) is 18.0 Å². The maximum Gasteiger partial charge on any atom is 0.409 e. The topological polar surface area (TPSA) is 83.6 Å². The normalized spacial score (nSPS) is 14.4. The second kappa shape index (κ2) is 9.21. The number of likely N-dealkylation sites (tertiary alicyclic amines) is 1. The van der Waals surface area contributed by atoms with Crippen LogP contribution in [0, 0.1) is 6.92 Å². The highest BCUT2D eigenvalue weighted by molar-refractivity contribution is 5.95. The van der Waals surface area contributed by atoms with Gasteiger partial charge >= 0.3 is 6.09 Å². The number of hydrogen-bond donors (Lipinski definition) is 2. The van der Waals surface area contributed by atoms with Gasteiger partial charge < -0.3 is 20.3 Å². The van der Waals surface area contributed by atoms with Crippen molar-refractivity contribution >= 4 is 23.4 Å². The van der Waals surface area contributed by atoms with E-state index >= 15 is 0 Å². The molecule has 148 valence electrons. The Morgan fingerprint density at radius 1 is 1.21 bits per heavy atom. The highest BCUT2D eigenvalue weighted by atomic mass is 16.6. The fourth-order valence-corrected chi connectivity index (χ4v) is 3.19. The molecule has 1 aliphatic rings. The molecule has 7 nitrogen and oxygen atoms in total. The zero-order valence-electron chi connectivity index (χ0n) is 16.3. The van der Waals surface area contributed by atoms with E-state index in [0.29, 0.717) is 38.1 Å². The molecule has 1 aromatic carbocycles. The van der Waals surface area contributed by atoms with Gasteiger partial charge in [0.05, 0.1) is 24.1 Å². The number of nitrogens with zero attached hydrogens (tertiary/aromatic N) is 2. The van der Waals surface area contributed by atoms with E-state index in [1.54, 1.807) is 30.3 Å². The minimum absolute atomic E-state index is 0.0335. The number of para-hydroxylation sites is 1. The molecule has 0 atom stereocenters. The van der Waals surface area contributed by atoms with Gasteiger partial charge in [-0.15, -0.1) is 0 Å².